The lowest BCUT2D eigenvalue weighted by molar-refractivity contribution is -0.147. The van der Waals surface area contributed by atoms with Crippen molar-refractivity contribution in [2.24, 2.45) is 5.92 Å². The lowest BCUT2D eigenvalue weighted by Crippen LogP contribution is -2.42. The van der Waals surface area contributed by atoms with E-state index in [4.69, 9.17) is 0 Å². The minimum atomic E-state index is -4.06. The average molecular weight is 250 g/mol. The first kappa shape index (κ1) is 13.1. The Bertz CT molecular complexity index is 247. The molecule has 0 spiro atoms. The fourth-order valence-electron chi connectivity index (χ4n) is 2.26. The molecule has 0 heterocycles. The van der Waals surface area contributed by atoms with Gasteiger partial charge in [-0.1, -0.05) is 0 Å². The highest BCUT2D eigenvalue weighted by Gasteiger charge is 2.37. The molecular formula is C12H21F3N2. The zero-order valence-electron chi connectivity index (χ0n) is 10.3. The molecule has 17 heavy (non-hydrogen) atoms. The third kappa shape index (κ3) is 4.84. The van der Waals surface area contributed by atoms with Gasteiger partial charge < -0.3 is 5.32 Å². The summed E-state index contributed by atoms with van der Waals surface area (Å²) in [4.78, 5) is 1.58. The average Bonchev–Trinajstić information content (AvgIpc) is 3.04. The molecular weight excluding hydrogens is 229 g/mol. The summed E-state index contributed by atoms with van der Waals surface area (Å²) in [7, 11) is 0. The molecule has 0 aromatic carbocycles. The van der Waals surface area contributed by atoms with Gasteiger partial charge in [0, 0.05) is 25.2 Å². The van der Waals surface area contributed by atoms with Crippen LogP contribution < -0.4 is 5.32 Å². The van der Waals surface area contributed by atoms with Crippen molar-refractivity contribution in [1.82, 2.24) is 10.2 Å². The van der Waals surface area contributed by atoms with E-state index in [9.17, 15) is 13.2 Å². The Kier molecular flexibility index (Phi) is 3.98. The maximum atomic E-state index is 12.4. The maximum Gasteiger partial charge on any atom is 0.401 e. The van der Waals surface area contributed by atoms with Crippen LogP contribution >= 0.6 is 0 Å². The predicted molar refractivity (Wildman–Crippen MR) is 60.8 cm³/mol. The third-order valence-corrected chi connectivity index (χ3v) is 3.64. The number of rotatable bonds is 7. The zero-order chi connectivity index (χ0) is 12.5. The van der Waals surface area contributed by atoms with Crippen LogP contribution in [0.2, 0.25) is 0 Å². The van der Waals surface area contributed by atoms with Gasteiger partial charge in [0.05, 0.1) is 6.54 Å². The number of nitrogens with one attached hydrogen (secondary N) is 1. The highest BCUT2D eigenvalue weighted by molar-refractivity contribution is 4.87. The van der Waals surface area contributed by atoms with Crippen molar-refractivity contribution in [2.45, 2.75) is 50.9 Å². The van der Waals surface area contributed by atoms with E-state index >= 15 is 0 Å². The maximum absolute atomic E-state index is 12.4. The summed E-state index contributed by atoms with van der Waals surface area (Å²) in [5.74, 6) is 0.756. The van der Waals surface area contributed by atoms with E-state index in [1.807, 2.05) is 0 Å². The standard InChI is InChI=1S/C12H21F3N2/c1-9(10-2-3-10)16-6-7-17(11-4-5-11)8-12(13,14)15/h9-11,16H,2-8H2,1H3. The van der Waals surface area contributed by atoms with Crippen LogP contribution in [0.1, 0.15) is 32.6 Å². The molecule has 1 N–H and O–H groups in total. The molecule has 2 saturated carbocycles. The summed E-state index contributed by atoms with van der Waals surface area (Å²) in [6.07, 6.45) is 0.319. The van der Waals surface area contributed by atoms with E-state index in [1.165, 1.54) is 12.8 Å². The Morgan fingerprint density at radius 2 is 1.88 bits per heavy atom. The van der Waals surface area contributed by atoms with E-state index in [2.05, 4.69) is 12.2 Å². The van der Waals surface area contributed by atoms with Gasteiger partial charge in [0.1, 0.15) is 0 Å². The predicted octanol–water partition coefficient (Wildman–Crippen LogP) is 2.40. The van der Waals surface area contributed by atoms with Gasteiger partial charge in [0.15, 0.2) is 0 Å². The van der Waals surface area contributed by atoms with Gasteiger partial charge in [-0.15, -0.1) is 0 Å². The molecule has 0 aliphatic heterocycles. The Labute approximate surface area is 101 Å². The Morgan fingerprint density at radius 3 is 2.35 bits per heavy atom. The number of halogens is 3. The van der Waals surface area contributed by atoms with Crippen LogP contribution in [0.4, 0.5) is 13.2 Å². The fraction of sp³-hybridized carbons (Fsp3) is 1.00. The first-order chi connectivity index (χ1) is 7.96. The SMILES string of the molecule is CC(NCCN(CC(F)(F)F)C1CC1)C1CC1. The van der Waals surface area contributed by atoms with Crippen molar-refractivity contribution in [3.8, 4) is 0 Å². The van der Waals surface area contributed by atoms with E-state index < -0.39 is 12.7 Å². The summed E-state index contributed by atoms with van der Waals surface area (Å²) < 4.78 is 37.1. The molecule has 100 valence electrons. The molecule has 2 nitrogen and oxygen atoms in total. The minimum Gasteiger partial charge on any atom is -0.313 e. The highest BCUT2D eigenvalue weighted by atomic mass is 19.4. The minimum absolute atomic E-state index is 0.176. The van der Waals surface area contributed by atoms with Crippen LogP contribution in [0.25, 0.3) is 0 Å². The molecule has 0 amide bonds. The van der Waals surface area contributed by atoms with Crippen molar-refractivity contribution in [3.05, 3.63) is 0 Å². The quantitative estimate of drug-likeness (QED) is 0.746. The molecule has 0 saturated heterocycles. The fourth-order valence-corrected chi connectivity index (χ4v) is 2.26. The van der Waals surface area contributed by atoms with Crippen LogP contribution in [0.3, 0.4) is 0 Å². The van der Waals surface area contributed by atoms with E-state index in [1.54, 1.807) is 4.90 Å². The first-order valence-electron chi connectivity index (χ1n) is 6.50. The molecule has 0 aromatic rings. The second-order valence-electron chi connectivity index (χ2n) is 5.40. The monoisotopic (exact) mass is 250 g/mol. The number of nitrogens with zero attached hydrogens (tertiary/aromatic N) is 1. The second-order valence-corrected chi connectivity index (χ2v) is 5.40. The molecule has 2 rings (SSSR count). The van der Waals surface area contributed by atoms with Gasteiger partial charge in [-0.05, 0) is 38.5 Å². The topological polar surface area (TPSA) is 15.3 Å². The van der Waals surface area contributed by atoms with Crippen LogP contribution in [0, 0.1) is 5.92 Å². The van der Waals surface area contributed by atoms with E-state index in [-0.39, 0.29) is 6.04 Å². The first-order valence-corrected chi connectivity index (χ1v) is 6.50. The number of hydrogen-bond acceptors (Lipinski definition) is 2. The van der Waals surface area contributed by atoms with Crippen molar-refractivity contribution in [1.29, 1.82) is 0 Å². The van der Waals surface area contributed by atoms with Gasteiger partial charge >= 0.3 is 6.18 Å². The molecule has 0 bridgehead atoms. The molecule has 0 aromatic heterocycles. The summed E-state index contributed by atoms with van der Waals surface area (Å²) in [5.41, 5.74) is 0. The van der Waals surface area contributed by atoms with Crippen molar-refractivity contribution >= 4 is 0 Å². The van der Waals surface area contributed by atoms with Gasteiger partial charge in [-0.2, -0.15) is 13.2 Å². The molecule has 2 aliphatic rings. The van der Waals surface area contributed by atoms with Crippen LogP contribution in [-0.2, 0) is 0 Å². The molecule has 1 unspecified atom stereocenters. The molecule has 5 heteroatoms. The highest BCUT2D eigenvalue weighted by Crippen LogP contribution is 2.32. The van der Waals surface area contributed by atoms with Crippen molar-refractivity contribution in [2.75, 3.05) is 19.6 Å². The normalized spacial score (nSPS) is 23.1. The molecule has 2 fully saturated rings. The van der Waals surface area contributed by atoms with Gasteiger partial charge in [-0.3, -0.25) is 4.90 Å². The summed E-state index contributed by atoms with van der Waals surface area (Å²) in [6.45, 7) is 2.56. The largest absolute Gasteiger partial charge is 0.401 e. The molecule has 2 aliphatic carbocycles. The van der Waals surface area contributed by atoms with E-state index in [0.29, 0.717) is 19.1 Å². The van der Waals surface area contributed by atoms with Crippen LogP contribution in [-0.4, -0.2) is 42.8 Å². The molecule has 1 atom stereocenters. The lowest BCUT2D eigenvalue weighted by Gasteiger charge is -2.24. The van der Waals surface area contributed by atoms with Crippen molar-refractivity contribution < 1.29 is 13.2 Å². The van der Waals surface area contributed by atoms with Gasteiger partial charge in [-0.25, -0.2) is 0 Å². The smallest absolute Gasteiger partial charge is 0.313 e. The number of hydrogen-bond donors (Lipinski definition) is 1. The Hall–Kier alpha value is -0.290. The Morgan fingerprint density at radius 1 is 1.24 bits per heavy atom. The van der Waals surface area contributed by atoms with Gasteiger partial charge in [0.25, 0.3) is 0 Å². The molecule has 0 radical (unpaired) electrons. The van der Waals surface area contributed by atoms with Gasteiger partial charge in [0.2, 0.25) is 0 Å². The summed E-state index contributed by atoms with van der Waals surface area (Å²) >= 11 is 0. The second kappa shape index (κ2) is 5.14. The summed E-state index contributed by atoms with van der Waals surface area (Å²) in [6, 6.07) is 0.636. The zero-order valence-corrected chi connectivity index (χ0v) is 10.3. The number of alkyl halides is 3. The van der Waals surface area contributed by atoms with Crippen molar-refractivity contribution in [3.63, 3.8) is 0 Å². The Balaban J connectivity index is 1.66. The summed E-state index contributed by atoms with van der Waals surface area (Å²) in [5, 5.41) is 3.33. The van der Waals surface area contributed by atoms with E-state index in [0.717, 1.165) is 18.8 Å². The van der Waals surface area contributed by atoms with Crippen LogP contribution in [0.5, 0.6) is 0 Å². The van der Waals surface area contributed by atoms with Crippen LogP contribution in [0.15, 0.2) is 0 Å². The third-order valence-electron chi connectivity index (χ3n) is 3.64. The lowest BCUT2D eigenvalue weighted by atomic mass is 10.2.